The summed E-state index contributed by atoms with van der Waals surface area (Å²) in [5.74, 6) is 0. The van der Waals surface area contributed by atoms with E-state index in [-0.39, 0.29) is 0 Å². The van der Waals surface area contributed by atoms with Crippen LogP contribution in [0.4, 0.5) is 0 Å². The van der Waals surface area contributed by atoms with Crippen LogP contribution >= 0.6 is 0 Å². The number of hydrogen-bond acceptors (Lipinski definition) is 4. The molecule has 0 aliphatic carbocycles. The molecular weight excluding hydrogens is 190 g/mol. The Bertz CT molecular complexity index is 454. The Morgan fingerprint density at radius 1 is 1.20 bits per heavy atom. The van der Waals surface area contributed by atoms with Crippen LogP contribution in [0.1, 0.15) is 5.69 Å². The Kier molecular flexibility index (Phi) is 2.58. The Morgan fingerprint density at radius 3 is 2.53 bits per heavy atom. The molecule has 0 saturated heterocycles. The zero-order valence-corrected chi connectivity index (χ0v) is 8.34. The molecule has 0 saturated carbocycles. The molecule has 0 atom stereocenters. The molecule has 2 aromatic heterocycles. The highest BCUT2D eigenvalue weighted by Crippen LogP contribution is 2.15. The number of hydrogen-bond donors (Lipinski definition) is 0. The lowest BCUT2D eigenvalue weighted by Crippen LogP contribution is -1.93. The van der Waals surface area contributed by atoms with Crippen LogP contribution in [-0.2, 0) is 0 Å². The van der Waals surface area contributed by atoms with Gasteiger partial charge in [0, 0.05) is 23.7 Å². The summed E-state index contributed by atoms with van der Waals surface area (Å²) < 4.78 is 4.87. The molecule has 0 aromatic carbocycles. The summed E-state index contributed by atoms with van der Waals surface area (Å²) in [6.45, 7) is 3.76. The third kappa shape index (κ3) is 2.10. The second-order valence-electron chi connectivity index (χ2n) is 2.97. The highest BCUT2D eigenvalue weighted by molar-refractivity contribution is 5.56. The van der Waals surface area contributed by atoms with E-state index in [1.165, 1.54) is 7.11 Å². The van der Waals surface area contributed by atoms with Gasteiger partial charge in [0.2, 0.25) is 0 Å². The van der Waals surface area contributed by atoms with E-state index >= 15 is 0 Å². The van der Waals surface area contributed by atoms with Gasteiger partial charge in [-0.15, -0.1) is 0 Å². The third-order valence-electron chi connectivity index (χ3n) is 1.91. The van der Waals surface area contributed by atoms with E-state index in [0.717, 1.165) is 17.0 Å². The highest BCUT2D eigenvalue weighted by atomic mass is 16.5. The maximum Gasteiger partial charge on any atom is 0.316 e. The highest BCUT2D eigenvalue weighted by Gasteiger charge is 2.01. The second kappa shape index (κ2) is 4.04. The summed E-state index contributed by atoms with van der Waals surface area (Å²) in [6, 6.07) is 5.98. The van der Waals surface area contributed by atoms with Crippen LogP contribution in [0.15, 0.2) is 30.6 Å². The lowest BCUT2D eigenvalue weighted by atomic mass is 10.2. The summed E-state index contributed by atoms with van der Waals surface area (Å²) >= 11 is 0. The summed E-state index contributed by atoms with van der Waals surface area (Å²) in [5, 5.41) is 0. The van der Waals surface area contributed by atoms with Crippen molar-refractivity contribution in [2.75, 3.05) is 7.11 Å². The first-order valence-electron chi connectivity index (χ1n) is 4.45. The van der Waals surface area contributed by atoms with Crippen molar-refractivity contribution in [1.82, 2.24) is 15.0 Å². The van der Waals surface area contributed by atoms with Crippen LogP contribution in [-0.4, -0.2) is 22.1 Å². The largest absolute Gasteiger partial charge is 0.467 e. The monoisotopic (exact) mass is 200 g/mol. The van der Waals surface area contributed by atoms with Crippen LogP contribution in [0.25, 0.3) is 11.3 Å². The van der Waals surface area contributed by atoms with Gasteiger partial charge in [-0.2, -0.15) is 0 Å². The molecule has 1 radical (unpaired) electrons. The predicted octanol–water partition coefficient (Wildman–Crippen LogP) is 1.73. The number of ether oxygens (including phenoxy) is 1. The van der Waals surface area contributed by atoms with Crippen molar-refractivity contribution in [1.29, 1.82) is 0 Å². The molecule has 2 aromatic rings. The summed E-state index contributed by atoms with van der Waals surface area (Å²) in [5.41, 5.74) is 2.38. The standard InChI is InChI=1S/C11H10N3O/c1-8-4-3-5-10(14-8)9-6-12-11(15-2)13-7-9/h3-7H,1H2,2H3. The maximum absolute atomic E-state index is 4.87. The van der Waals surface area contributed by atoms with Gasteiger partial charge < -0.3 is 4.74 Å². The van der Waals surface area contributed by atoms with Crippen molar-refractivity contribution in [3.8, 4) is 17.3 Å². The normalized spacial score (nSPS) is 10.0. The molecule has 4 nitrogen and oxygen atoms in total. The number of aromatic nitrogens is 3. The first-order valence-corrected chi connectivity index (χ1v) is 4.45. The average molecular weight is 200 g/mol. The van der Waals surface area contributed by atoms with E-state index in [0.29, 0.717) is 6.01 Å². The molecule has 4 heteroatoms. The smallest absolute Gasteiger partial charge is 0.316 e. The number of nitrogens with zero attached hydrogens (tertiary/aromatic N) is 3. The molecule has 0 spiro atoms. The SMILES string of the molecule is [CH2]c1cccc(-c2cnc(OC)nc2)n1. The van der Waals surface area contributed by atoms with E-state index in [1.54, 1.807) is 12.4 Å². The van der Waals surface area contributed by atoms with E-state index < -0.39 is 0 Å². The zero-order valence-electron chi connectivity index (χ0n) is 8.34. The van der Waals surface area contributed by atoms with Crippen LogP contribution in [0.5, 0.6) is 6.01 Å². The van der Waals surface area contributed by atoms with Gasteiger partial charge in [0.05, 0.1) is 12.8 Å². The molecule has 0 N–H and O–H groups in total. The van der Waals surface area contributed by atoms with Gasteiger partial charge in [-0.3, -0.25) is 4.98 Å². The van der Waals surface area contributed by atoms with Gasteiger partial charge in [0.1, 0.15) is 0 Å². The van der Waals surface area contributed by atoms with E-state index in [9.17, 15) is 0 Å². The van der Waals surface area contributed by atoms with Gasteiger partial charge in [0.25, 0.3) is 0 Å². The molecule has 0 unspecified atom stereocenters. The van der Waals surface area contributed by atoms with Crippen molar-refractivity contribution in [3.63, 3.8) is 0 Å². The molecule has 0 bridgehead atoms. The van der Waals surface area contributed by atoms with Gasteiger partial charge in [-0.25, -0.2) is 9.97 Å². The lowest BCUT2D eigenvalue weighted by Gasteiger charge is -2.01. The maximum atomic E-state index is 4.87. The van der Waals surface area contributed by atoms with Crippen LogP contribution in [0, 0.1) is 6.92 Å². The van der Waals surface area contributed by atoms with Gasteiger partial charge in [-0.1, -0.05) is 6.07 Å². The molecule has 0 amide bonds. The molecule has 0 fully saturated rings. The third-order valence-corrected chi connectivity index (χ3v) is 1.91. The quantitative estimate of drug-likeness (QED) is 0.740. The van der Waals surface area contributed by atoms with Crippen molar-refractivity contribution in [2.45, 2.75) is 0 Å². The van der Waals surface area contributed by atoms with E-state index in [1.807, 2.05) is 18.2 Å². The lowest BCUT2D eigenvalue weighted by molar-refractivity contribution is 0.380. The zero-order chi connectivity index (χ0) is 10.7. The van der Waals surface area contributed by atoms with Gasteiger partial charge in [-0.05, 0) is 19.1 Å². The van der Waals surface area contributed by atoms with E-state index in [4.69, 9.17) is 4.74 Å². The van der Waals surface area contributed by atoms with Gasteiger partial charge >= 0.3 is 6.01 Å². The fourth-order valence-corrected chi connectivity index (χ4v) is 1.19. The van der Waals surface area contributed by atoms with E-state index in [2.05, 4.69) is 21.9 Å². The first kappa shape index (κ1) is 9.58. The minimum absolute atomic E-state index is 0.351. The second-order valence-corrected chi connectivity index (χ2v) is 2.97. The van der Waals surface area contributed by atoms with Crippen molar-refractivity contribution in [3.05, 3.63) is 43.2 Å². The molecule has 15 heavy (non-hydrogen) atoms. The summed E-state index contributed by atoms with van der Waals surface area (Å²) in [4.78, 5) is 12.3. The van der Waals surface area contributed by atoms with Crippen molar-refractivity contribution < 1.29 is 4.74 Å². The molecule has 75 valence electrons. The number of methoxy groups -OCH3 is 1. The summed E-state index contributed by atoms with van der Waals surface area (Å²) in [6.07, 6.45) is 3.35. The van der Waals surface area contributed by atoms with Crippen molar-refractivity contribution in [2.24, 2.45) is 0 Å². The fourth-order valence-electron chi connectivity index (χ4n) is 1.19. The minimum Gasteiger partial charge on any atom is -0.467 e. The summed E-state index contributed by atoms with van der Waals surface area (Å²) in [7, 11) is 1.53. The Balaban J connectivity index is 2.37. The minimum atomic E-state index is 0.351. The van der Waals surface area contributed by atoms with Gasteiger partial charge in [0.15, 0.2) is 0 Å². The molecule has 2 rings (SSSR count). The predicted molar refractivity (Wildman–Crippen MR) is 56.3 cm³/mol. The Morgan fingerprint density at radius 2 is 1.93 bits per heavy atom. The Labute approximate surface area is 88.0 Å². The van der Waals surface area contributed by atoms with Crippen LogP contribution < -0.4 is 4.74 Å². The topological polar surface area (TPSA) is 47.9 Å². The number of pyridine rings is 1. The number of rotatable bonds is 2. The van der Waals surface area contributed by atoms with Crippen molar-refractivity contribution >= 4 is 0 Å². The fraction of sp³-hybridized carbons (Fsp3) is 0.0909. The molecule has 2 heterocycles. The molecular formula is C11H10N3O. The van der Waals surface area contributed by atoms with Crippen LogP contribution in [0.2, 0.25) is 0 Å². The molecule has 0 aliphatic heterocycles. The first-order chi connectivity index (χ1) is 7.29. The average Bonchev–Trinajstić information content (AvgIpc) is 2.29. The van der Waals surface area contributed by atoms with Crippen LogP contribution in [0.3, 0.4) is 0 Å². The molecule has 0 aliphatic rings. The Hall–Kier alpha value is -1.97.